The highest BCUT2D eigenvalue weighted by Crippen LogP contribution is 2.16. The maximum atomic E-state index is 9.05. The number of hydrogen-bond acceptors (Lipinski definition) is 3. The van der Waals surface area contributed by atoms with Gasteiger partial charge in [0.2, 0.25) is 0 Å². The van der Waals surface area contributed by atoms with Gasteiger partial charge < -0.3 is 4.90 Å². The highest BCUT2D eigenvalue weighted by atomic mass is 15.2. The number of rotatable bonds is 3. The number of nitriles is 1. The normalized spacial score (nSPS) is 29.1. The monoisotopic (exact) mass is 207 g/mol. The van der Waals surface area contributed by atoms with Gasteiger partial charge in [0.05, 0.1) is 12.1 Å². The molecule has 1 atom stereocenters. The van der Waals surface area contributed by atoms with E-state index < -0.39 is 0 Å². The highest BCUT2D eigenvalue weighted by Gasteiger charge is 2.22. The van der Waals surface area contributed by atoms with Gasteiger partial charge in [-0.3, -0.25) is 4.90 Å². The lowest BCUT2D eigenvalue weighted by atomic mass is 10.0. The van der Waals surface area contributed by atoms with Gasteiger partial charge in [-0.05, 0) is 51.7 Å². The van der Waals surface area contributed by atoms with E-state index >= 15 is 0 Å². The van der Waals surface area contributed by atoms with Gasteiger partial charge in [-0.2, -0.15) is 5.26 Å². The van der Waals surface area contributed by atoms with Crippen molar-refractivity contribution in [3.05, 3.63) is 0 Å². The zero-order valence-electron chi connectivity index (χ0n) is 9.49. The fourth-order valence-electron chi connectivity index (χ4n) is 2.68. The van der Waals surface area contributed by atoms with Crippen LogP contribution in [0.3, 0.4) is 0 Å². The first-order valence-corrected chi connectivity index (χ1v) is 6.26. The molecule has 0 aromatic carbocycles. The van der Waals surface area contributed by atoms with Crippen LogP contribution in [0.15, 0.2) is 0 Å². The van der Waals surface area contributed by atoms with Gasteiger partial charge >= 0.3 is 0 Å². The van der Waals surface area contributed by atoms with Crippen molar-refractivity contribution in [1.82, 2.24) is 9.80 Å². The van der Waals surface area contributed by atoms with Crippen LogP contribution in [-0.2, 0) is 0 Å². The first-order valence-electron chi connectivity index (χ1n) is 6.26. The summed E-state index contributed by atoms with van der Waals surface area (Å²) in [5.41, 5.74) is 0. The second kappa shape index (κ2) is 5.48. The molecule has 0 amide bonds. The minimum Gasteiger partial charge on any atom is -0.302 e. The van der Waals surface area contributed by atoms with Gasteiger partial charge in [-0.15, -0.1) is 0 Å². The Hall–Kier alpha value is -0.590. The topological polar surface area (TPSA) is 30.3 Å². The molecule has 0 radical (unpaired) electrons. The van der Waals surface area contributed by atoms with Crippen LogP contribution < -0.4 is 0 Å². The van der Waals surface area contributed by atoms with E-state index in [1.807, 2.05) is 0 Å². The van der Waals surface area contributed by atoms with E-state index in [9.17, 15) is 0 Å². The smallest absolute Gasteiger partial charge is 0.0978 e. The highest BCUT2D eigenvalue weighted by molar-refractivity contribution is 4.94. The van der Waals surface area contributed by atoms with Gasteiger partial charge in [0.25, 0.3) is 0 Å². The van der Waals surface area contributed by atoms with Crippen LogP contribution >= 0.6 is 0 Å². The number of likely N-dealkylation sites (tertiary alicyclic amines) is 2. The van der Waals surface area contributed by atoms with Gasteiger partial charge in [-0.1, -0.05) is 0 Å². The molecule has 0 aromatic heterocycles. The van der Waals surface area contributed by atoms with Gasteiger partial charge in [0.15, 0.2) is 0 Å². The predicted molar refractivity (Wildman–Crippen MR) is 60.5 cm³/mol. The zero-order valence-corrected chi connectivity index (χ0v) is 9.49. The SMILES string of the molecule is N#CC1CCCCN1CCN1CCCC1. The summed E-state index contributed by atoms with van der Waals surface area (Å²) in [6, 6.07) is 2.63. The standard InChI is InChI=1S/C12H21N3/c13-11-12-5-1-2-8-15(12)10-9-14-6-3-4-7-14/h12H,1-10H2. The third kappa shape index (κ3) is 2.93. The molecule has 3 nitrogen and oxygen atoms in total. The second-order valence-electron chi connectivity index (χ2n) is 4.73. The first kappa shape index (κ1) is 10.9. The predicted octanol–water partition coefficient (Wildman–Crippen LogP) is 1.46. The van der Waals surface area contributed by atoms with E-state index in [0.29, 0.717) is 0 Å². The number of piperidine rings is 1. The lowest BCUT2D eigenvalue weighted by Gasteiger charge is -2.32. The molecule has 15 heavy (non-hydrogen) atoms. The van der Waals surface area contributed by atoms with E-state index in [1.54, 1.807) is 0 Å². The van der Waals surface area contributed by atoms with Crippen molar-refractivity contribution >= 4 is 0 Å². The van der Waals surface area contributed by atoms with Crippen molar-refractivity contribution < 1.29 is 0 Å². The molecule has 2 rings (SSSR count). The Morgan fingerprint density at radius 3 is 2.47 bits per heavy atom. The molecule has 3 heteroatoms. The molecule has 2 saturated heterocycles. The Bertz CT molecular complexity index is 228. The summed E-state index contributed by atoms with van der Waals surface area (Å²) in [5.74, 6) is 0. The van der Waals surface area contributed by atoms with Crippen molar-refractivity contribution in [3.8, 4) is 6.07 Å². The molecule has 0 N–H and O–H groups in total. The Labute approximate surface area is 92.7 Å². The van der Waals surface area contributed by atoms with Crippen LogP contribution in [0.1, 0.15) is 32.1 Å². The molecule has 84 valence electrons. The van der Waals surface area contributed by atoms with Gasteiger partial charge in [0.1, 0.15) is 0 Å². The summed E-state index contributed by atoms with van der Waals surface area (Å²) in [4.78, 5) is 4.91. The summed E-state index contributed by atoms with van der Waals surface area (Å²) >= 11 is 0. The molecule has 2 aliphatic heterocycles. The minimum absolute atomic E-state index is 0.196. The molecular formula is C12H21N3. The van der Waals surface area contributed by atoms with Gasteiger partial charge in [0, 0.05) is 13.1 Å². The zero-order chi connectivity index (χ0) is 10.5. The van der Waals surface area contributed by atoms with E-state index in [4.69, 9.17) is 5.26 Å². The molecular weight excluding hydrogens is 186 g/mol. The summed E-state index contributed by atoms with van der Waals surface area (Å²) in [6.45, 7) is 5.93. The van der Waals surface area contributed by atoms with E-state index in [2.05, 4.69) is 15.9 Å². The van der Waals surface area contributed by atoms with Crippen LogP contribution in [0, 0.1) is 11.3 Å². The third-order valence-corrected chi connectivity index (χ3v) is 3.66. The molecule has 2 fully saturated rings. The van der Waals surface area contributed by atoms with Crippen molar-refractivity contribution in [2.75, 3.05) is 32.7 Å². The molecule has 0 aromatic rings. The van der Waals surface area contributed by atoms with E-state index in [1.165, 1.54) is 38.8 Å². The van der Waals surface area contributed by atoms with Gasteiger partial charge in [-0.25, -0.2) is 0 Å². The van der Waals surface area contributed by atoms with Crippen molar-refractivity contribution in [2.45, 2.75) is 38.1 Å². The van der Waals surface area contributed by atoms with Crippen molar-refractivity contribution in [2.24, 2.45) is 0 Å². The molecule has 2 aliphatic rings. The van der Waals surface area contributed by atoms with Crippen LogP contribution in [0.5, 0.6) is 0 Å². The molecule has 0 bridgehead atoms. The fraction of sp³-hybridized carbons (Fsp3) is 0.917. The molecule has 2 heterocycles. The lowest BCUT2D eigenvalue weighted by Crippen LogP contribution is -2.42. The average Bonchev–Trinajstić information content (AvgIpc) is 2.79. The Balaban J connectivity index is 1.74. The molecule has 0 spiro atoms. The van der Waals surface area contributed by atoms with Crippen LogP contribution in [0.25, 0.3) is 0 Å². The number of hydrogen-bond donors (Lipinski definition) is 0. The largest absolute Gasteiger partial charge is 0.302 e. The number of nitrogens with zero attached hydrogens (tertiary/aromatic N) is 3. The Morgan fingerprint density at radius 1 is 1.00 bits per heavy atom. The van der Waals surface area contributed by atoms with Crippen LogP contribution in [0.4, 0.5) is 0 Å². The summed E-state index contributed by atoms with van der Waals surface area (Å²) < 4.78 is 0. The molecule has 1 unspecified atom stereocenters. The summed E-state index contributed by atoms with van der Waals surface area (Å²) in [7, 11) is 0. The molecule has 0 saturated carbocycles. The lowest BCUT2D eigenvalue weighted by molar-refractivity contribution is 0.162. The van der Waals surface area contributed by atoms with Crippen LogP contribution in [0.2, 0.25) is 0 Å². The summed E-state index contributed by atoms with van der Waals surface area (Å²) in [5, 5.41) is 9.05. The molecule has 0 aliphatic carbocycles. The quantitative estimate of drug-likeness (QED) is 0.702. The van der Waals surface area contributed by atoms with E-state index in [-0.39, 0.29) is 6.04 Å². The van der Waals surface area contributed by atoms with E-state index in [0.717, 1.165) is 26.1 Å². The first-order chi connectivity index (χ1) is 7.40. The summed E-state index contributed by atoms with van der Waals surface area (Å²) in [6.07, 6.45) is 6.32. The van der Waals surface area contributed by atoms with Crippen molar-refractivity contribution in [1.29, 1.82) is 5.26 Å². The van der Waals surface area contributed by atoms with Crippen molar-refractivity contribution in [3.63, 3.8) is 0 Å². The Kier molecular flexibility index (Phi) is 3.99. The maximum Gasteiger partial charge on any atom is 0.0978 e. The maximum absolute atomic E-state index is 9.05. The van der Waals surface area contributed by atoms with Crippen LogP contribution in [-0.4, -0.2) is 48.6 Å². The minimum atomic E-state index is 0.196. The third-order valence-electron chi connectivity index (χ3n) is 3.66. The second-order valence-corrected chi connectivity index (χ2v) is 4.73. The Morgan fingerprint density at radius 2 is 1.73 bits per heavy atom. The average molecular weight is 207 g/mol. The fourth-order valence-corrected chi connectivity index (χ4v) is 2.68.